The fourth-order valence-corrected chi connectivity index (χ4v) is 2.32. The van der Waals surface area contributed by atoms with E-state index < -0.39 is 0 Å². The highest BCUT2D eigenvalue weighted by Gasteiger charge is 2.11. The van der Waals surface area contributed by atoms with E-state index in [9.17, 15) is 4.79 Å². The molecule has 0 aliphatic rings. The third-order valence-corrected chi connectivity index (χ3v) is 3.93. The second-order valence-electron chi connectivity index (χ2n) is 7.20. The van der Waals surface area contributed by atoms with Crippen LogP contribution < -0.4 is 14.8 Å². The maximum Gasteiger partial charge on any atom is 0.255 e. The van der Waals surface area contributed by atoms with Gasteiger partial charge in [-0.3, -0.25) is 4.79 Å². The third kappa shape index (κ3) is 7.31. The zero-order chi connectivity index (χ0) is 20.5. The minimum absolute atomic E-state index is 0.205. The Kier molecular flexibility index (Phi) is 7.88. The lowest BCUT2D eigenvalue weighted by molar-refractivity contribution is 0.102. The van der Waals surface area contributed by atoms with E-state index >= 15 is 0 Å². The fraction of sp³-hybridized carbons (Fsp3) is 0.292. The molecule has 0 aromatic heterocycles. The molecule has 2 aromatic carbocycles. The summed E-state index contributed by atoms with van der Waals surface area (Å²) in [5.41, 5.74) is 4.73. The minimum Gasteiger partial charge on any atom is -0.489 e. The lowest BCUT2D eigenvalue weighted by Gasteiger charge is -2.12. The number of rotatable bonds is 8. The molecule has 2 aromatic rings. The first-order chi connectivity index (χ1) is 13.3. The number of ether oxygens (including phenoxy) is 2. The summed E-state index contributed by atoms with van der Waals surface area (Å²) in [6.45, 7) is 11.0. The van der Waals surface area contributed by atoms with Gasteiger partial charge in [-0.05, 0) is 71.0 Å². The van der Waals surface area contributed by atoms with Crippen molar-refractivity contribution in [3.63, 3.8) is 0 Å². The van der Waals surface area contributed by atoms with Gasteiger partial charge in [0.1, 0.15) is 24.7 Å². The number of benzene rings is 2. The van der Waals surface area contributed by atoms with Gasteiger partial charge in [0, 0.05) is 17.3 Å². The standard InChI is InChI=1S/C24H29NO3/c1-17(2)10-12-27-22-14-20(15-23(16-22)28-13-11-18(3)4)24(26)25-21-8-6-19(5)7-9-21/h6-11,14-16H,12-13H2,1-5H3,(H,25,26). The van der Waals surface area contributed by atoms with Crippen LogP contribution in [0.2, 0.25) is 0 Å². The average Bonchev–Trinajstić information content (AvgIpc) is 2.63. The van der Waals surface area contributed by atoms with Crippen molar-refractivity contribution in [3.8, 4) is 11.5 Å². The van der Waals surface area contributed by atoms with Crippen molar-refractivity contribution in [2.75, 3.05) is 18.5 Å². The quantitative estimate of drug-likeness (QED) is 0.578. The zero-order valence-corrected chi connectivity index (χ0v) is 17.3. The van der Waals surface area contributed by atoms with Gasteiger partial charge in [0.25, 0.3) is 5.91 Å². The molecule has 0 bridgehead atoms. The molecule has 0 radical (unpaired) electrons. The van der Waals surface area contributed by atoms with Crippen LogP contribution in [0.4, 0.5) is 5.69 Å². The summed E-state index contributed by atoms with van der Waals surface area (Å²) in [5.74, 6) is 0.992. The predicted molar refractivity (Wildman–Crippen MR) is 115 cm³/mol. The van der Waals surface area contributed by atoms with Gasteiger partial charge in [-0.25, -0.2) is 0 Å². The van der Waals surface area contributed by atoms with E-state index in [1.165, 1.54) is 11.1 Å². The Balaban J connectivity index is 2.21. The van der Waals surface area contributed by atoms with Gasteiger partial charge in [-0.1, -0.05) is 28.8 Å². The normalized spacial score (nSPS) is 10.0. The molecular weight excluding hydrogens is 350 g/mol. The fourth-order valence-electron chi connectivity index (χ4n) is 2.32. The molecule has 0 saturated heterocycles. The molecule has 1 amide bonds. The monoisotopic (exact) mass is 379 g/mol. The highest BCUT2D eigenvalue weighted by molar-refractivity contribution is 6.04. The van der Waals surface area contributed by atoms with E-state index in [1.54, 1.807) is 18.2 Å². The Morgan fingerprint density at radius 2 is 1.36 bits per heavy atom. The molecule has 0 spiro atoms. The Labute approximate surface area is 167 Å². The lowest BCUT2D eigenvalue weighted by Crippen LogP contribution is -2.12. The van der Waals surface area contributed by atoms with Crippen LogP contribution in [0.3, 0.4) is 0 Å². The summed E-state index contributed by atoms with van der Waals surface area (Å²) in [5, 5.41) is 2.91. The molecule has 0 saturated carbocycles. The van der Waals surface area contributed by atoms with Crippen molar-refractivity contribution in [1.29, 1.82) is 0 Å². The SMILES string of the molecule is CC(C)=CCOc1cc(OCC=C(C)C)cc(C(=O)Nc2ccc(C)cc2)c1. The second kappa shape index (κ2) is 10.4. The minimum atomic E-state index is -0.205. The number of anilines is 1. The first-order valence-corrected chi connectivity index (χ1v) is 9.39. The largest absolute Gasteiger partial charge is 0.489 e. The van der Waals surface area contributed by atoms with E-state index in [-0.39, 0.29) is 5.91 Å². The van der Waals surface area contributed by atoms with Crippen molar-refractivity contribution in [2.45, 2.75) is 34.6 Å². The van der Waals surface area contributed by atoms with Crippen LogP contribution in [-0.4, -0.2) is 19.1 Å². The van der Waals surface area contributed by atoms with Crippen molar-refractivity contribution >= 4 is 11.6 Å². The van der Waals surface area contributed by atoms with E-state index in [0.717, 1.165) is 11.3 Å². The Morgan fingerprint density at radius 3 is 1.82 bits per heavy atom. The van der Waals surface area contributed by atoms with Crippen molar-refractivity contribution in [1.82, 2.24) is 0 Å². The number of nitrogens with one attached hydrogen (secondary N) is 1. The Hall–Kier alpha value is -3.01. The number of hydrogen-bond acceptors (Lipinski definition) is 3. The molecule has 4 heteroatoms. The smallest absolute Gasteiger partial charge is 0.255 e. The van der Waals surface area contributed by atoms with Crippen LogP contribution in [0.25, 0.3) is 0 Å². The molecule has 4 nitrogen and oxygen atoms in total. The predicted octanol–water partition coefficient (Wildman–Crippen LogP) is 5.94. The maximum absolute atomic E-state index is 12.7. The maximum atomic E-state index is 12.7. The van der Waals surface area contributed by atoms with Crippen LogP contribution in [0.1, 0.15) is 43.6 Å². The third-order valence-electron chi connectivity index (χ3n) is 3.93. The molecular formula is C24H29NO3. The summed E-state index contributed by atoms with van der Waals surface area (Å²) in [6.07, 6.45) is 3.98. The number of aryl methyl sites for hydroxylation is 1. The number of hydrogen-bond donors (Lipinski definition) is 1. The molecule has 148 valence electrons. The molecule has 1 N–H and O–H groups in total. The zero-order valence-electron chi connectivity index (χ0n) is 17.3. The van der Waals surface area contributed by atoms with Crippen molar-refractivity contribution in [2.24, 2.45) is 0 Å². The van der Waals surface area contributed by atoms with Crippen LogP contribution in [-0.2, 0) is 0 Å². The van der Waals surface area contributed by atoms with Gasteiger partial charge >= 0.3 is 0 Å². The first kappa shape index (κ1) is 21.3. The van der Waals surface area contributed by atoms with E-state index in [0.29, 0.717) is 30.3 Å². The molecule has 0 fully saturated rings. The number of carbonyl (C=O) groups is 1. The topological polar surface area (TPSA) is 47.6 Å². The molecule has 0 heterocycles. The Morgan fingerprint density at radius 1 is 0.857 bits per heavy atom. The summed E-state index contributed by atoms with van der Waals surface area (Å²) in [4.78, 5) is 12.7. The second-order valence-corrected chi connectivity index (χ2v) is 7.20. The van der Waals surface area contributed by atoms with Gasteiger partial charge in [-0.15, -0.1) is 0 Å². The summed E-state index contributed by atoms with van der Waals surface area (Å²) in [6, 6.07) is 13.0. The summed E-state index contributed by atoms with van der Waals surface area (Å²) < 4.78 is 11.6. The van der Waals surface area contributed by atoms with Crippen LogP contribution in [0, 0.1) is 6.92 Å². The van der Waals surface area contributed by atoms with Crippen LogP contribution in [0.15, 0.2) is 65.8 Å². The highest BCUT2D eigenvalue weighted by atomic mass is 16.5. The first-order valence-electron chi connectivity index (χ1n) is 9.39. The van der Waals surface area contributed by atoms with Gasteiger partial charge in [0.15, 0.2) is 0 Å². The molecule has 0 unspecified atom stereocenters. The summed E-state index contributed by atoms with van der Waals surface area (Å²) in [7, 11) is 0. The Bertz CT molecular complexity index is 816. The van der Waals surface area contributed by atoms with Gasteiger partial charge in [0.2, 0.25) is 0 Å². The van der Waals surface area contributed by atoms with Gasteiger partial charge in [-0.2, -0.15) is 0 Å². The van der Waals surface area contributed by atoms with Gasteiger partial charge in [0.05, 0.1) is 0 Å². The van der Waals surface area contributed by atoms with E-state index in [2.05, 4.69) is 5.32 Å². The lowest BCUT2D eigenvalue weighted by atomic mass is 10.1. The van der Waals surface area contributed by atoms with Gasteiger partial charge < -0.3 is 14.8 Å². The van der Waals surface area contributed by atoms with E-state index in [4.69, 9.17) is 9.47 Å². The number of allylic oxidation sites excluding steroid dienone is 2. The van der Waals surface area contributed by atoms with Crippen molar-refractivity contribution in [3.05, 3.63) is 76.9 Å². The highest BCUT2D eigenvalue weighted by Crippen LogP contribution is 2.24. The van der Waals surface area contributed by atoms with Crippen LogP contribution >= 0.6 is 0 Å². The molecule has 2 rings (SSSR count). The van der Waals surface area contributed by atoms with E-state index in [1.807, 2.05) is 71.0 Å². The average molecular weight is 380 g/mol. The molecule has 0 atom stereocenters. The number of carbonyl (C=O) groups excluding carboxylic acids is 1. The number of amides is 1. The van der Waals surface area contributed by atoms with Crippen molar-refractivity contribution < 1.29 is 14.3 Å². The summed E-state index contributed by atoms with van der Waals surface area (Å²) >= 11 is 0. The molecule has 0 aliphatic heterocycles. The molecule has 28 heavy (non-hydrogen) atoms. The van der Waals surface area contributed by atoms with Crippen LogP contribution in [0.5, 0.6) is 11.5 Å². The molecule has 0 aliphatic carbocycles.